The number of carboxylic acid groups (broad SMARTS) is 1. The summed E-state index contributed by atoms with van der Waals surface area (Å²) in [4.78, 5) is 9.31. The van der Waals surface area contributed by atoms with Gasteiger partial charge in [-0.25, -0.2) is 4.79 Å². The highest BCUT2D eigenvalue weighted by atomic mass is 16.7. The first-order valence-electron chi connectivity index (χ1n) is 2.30. The third kappa shape index (κ3) is 44.4. The van der Waals surface area contributed by atoms with Crippen LogP contribution in [-0.2, 0) is 4.74 Å². The van der Waals surface area contributed by atoms with Gasteiger partial charge in [0, 0.05) is 6.61 Å². The molecule has 0 aromatic heterocycles. The summed E-state index contributed by atoms with van der Waals surface area (Å²) in [6.07, 6.45) is -0.479. The maximum absolute atomic E-state index is 9.31. The second-order valence-electron chi connectivity index (χ2n) is 0.867. The largest absolute Gasteiger partial charge is 0.510 e. The van der Waals surface area contributed by atoms with Crippen LogP contribution >= 0.6 is 0 Å². The molecule has 0 aliphatic carbocycles. The molecule has 0 atom stereocenters. The van der Waals surface area contributed by atoms with Gasteiger partial charge in [0.15, 0.2) is 0 Å². The molecule has 4 nitrogen and oxygen atoms in total. The van der Waals surface area contributed by atoms with Crippen molar-refractivity contribution in [3.05, 3.63) is 12.8 Å². The highest BCUT2D eigenvalue weighted by Crippen LogP contribution is 1.70. The van der Waals surface area contributed by atoms with Crippen molar-refractivity contribution in [1.29, 1.82) is 0 Å². The quantitative estimate of drug-likeness (QED) is 0.411. The maximum Gasteiger partial charge on any atom is 0.510 e. The Labute approximate surface area is 53.4 Å². The zero-order valence-corrected chi connectivity index (χ0v) is 5.20. The summed E-state index contributed by atoms with van der Waals surface area (Å²) in [5.41, 5.74) is 0. The van der Waals surface area contributed by atoms with Crippen LogP contribution in [0.2, 0.25) is 0 Å². The van der Waals surface area contributed by atoms with Crippen molar-refractivity contribution in [2.24, 2.45) is 0 Å². The average molecular weight is 134 g/mol. The van der Waals surface area contributed by atoms with Gasteiger partial charge in [-0.3, -0.25) is 0 Å². The van der Waals surface area contributed by atoms with Gasteiger partial charge in [-0.05, 0) is 6.92 Å². The summed E-state index contributed by atoms with van der Waals surface area (Å²) in [6, 6.07) is 0. The first kappa shape index (κ1) is 10.9. The molecule has 0 amide bonds. The van der Waals surface area contributed by atoms with Crippen LogP contribution in [0, 0.1) is 0 Å². The lowest BCUT2D eigenvalue weighted by Gasteiger charge is -1.81. The Hall–Kier alpha value is -1.03. The van der Waals surface area contributed by atoms with Crippen molar-refractivity contribution >= 4 is 6.16 Å². The number of aliphatic hydroxyl groups excluding tert-OH is 1. The highest BCUT2D eigenvalue weighted by molar-refractivity contribution is 5.57. The van der Waals surface area contributed by atoms with Crippen molar-refractivity contribution < 1.29 is 19.7 Å². The molecule has 0 fully saturated rings. The molecule has 4 heteroatoms. The third-order valence-electron chi connectivity index (χ3n) is 0.184. The highest BCUT2D eigenvalue weighted by Gasteiger charge is 1.84. The Morgan fingerprint density at radius 1 is 1.89 bits per heavy atom. The number of hydrogen-bond acceptors (Lipinski definition) is 3. The standard InChI is InChI=1S/C3H4O3.C2H6O/c1-2-6-3(4)5;1-2-3/h2H,1H2,(H,4,5);3H,2H2,1H3. The van der Waals surface area contributed by atoms with Gasteiger partial charge >= 0.3 is 6.16 Å². The molecule has 0 aliphatic rings. The topological polar surface area (TPSA) is 66.8 Å². The van der Waals surface area contributed by atoms with Crippen LogP contribution in [-0.4, -0.2) is 23.0 Å². The maximum atomic E-state index is 9.31. The molecule has 9 heavy (non-hydrogen) atoms. The van der Waals surface area contributed by atoms with E-state index in [-0.39, 0.29) is 6.61 Å². The Morgan fingerprint density at radius 3 is 2.22 bits per heavy atom. The summed E-state index contributed by atoms with van der Waals surface area (Å²) in [6.45, 7) is 4.93. The van der Waals surface area contributed by atoms with Gasteiger partial charge in [0.1, 0.15) is 0 Å². The Bertz CT molecular complexity index is 79.0. The fourth-order valence-electron chi connectivity index (χ4n) is 0.0713. The summed E-state index contributed by atoms with van der Waals surface area (Å²) < 4.78 is 3.72. The van der Waals surface area contributed by atoms with Crippen LogP contribution in [0.5, 0.6) is 0 Å². The van der Waals surface area contributed by atoms with Crippen LogP contribution in [0.3, 0.4) is 0 Å². The zero-order valence-electron chi connectivity index (χ0n) is 5.20. The van der Waals surface area contributed by atoms with E-state index < -0.39 is 6.16 Å². The van der Waals surface area contributed by atoms with Gasteiger partial charge in [0.2, 0.25) is 0 Å². The van der Waals surface area contributed by atoms with Crippen molar-refractivity contribution in [1.82, 2.24) is 0 Å². The molecule has 0 rings (SSSR count). The van der Waals surface area contributed by atoms with E-state index in [0.717, 1.165) is 6.26 Å². The average Bonchev–Trinajstić information content (AvgIpc) is 1.67. The Morgan fingerprint density at radius 2 is 2.22 bits per heavy atom. The van der Waals surface area contributed by atoms with Gasteiger partial charge < -0.3 is 14.9 Å². The number of carbonyl (C=O) groups is 1. The predicted molar refractivity (Wildman–Crippen MR) is 32.1 cm³/mol. The molecule has 0 spiro atoms. The number of aliphatic hydroxyl groups is 1. The van der Waals surface area contributed by atoms with E-state index >= 15 is 0 Å². The Balaban J connectivity index is 0. The molecule has 0 aromatic rings. The minimum Gasteiger partial charge on any atom is -0.449 e. The lowest BCUT2D eigenvalue weighted by Crippen LogP contribution is -1.89. The fraction of sp³-hybridized carbons (Fsp3) is 0.400. The number of rotatable bonds is 1. The lowest BCUT2D eigenvalue weighted by atomic mass is 10.9. The van der Waals surface area contributed by atoms with E-state index in [1.54, 1.807) is 6.92 Å². The van der Waals surface area contributed by atoms with E-state index in [1.165, 1.54) is 0 Å². The first-order chi connectivity index (χ1) is 4.18. The van der Waals surface area contributed by atoms with Crippen molar-refractivity contribution in [2.75, 3.05) is 6.61 Å². The minimum absolute atomic E-state index is 0.250. The second kappa shape index (κ2) is 10.1. The van der Waals surface area contributed by atoms with Gasteiger partial charge in [0.05, 0.1) is 6.26 Å². The summed E-state index contributed by atoms with van der Waals surface area (Å²) >= 11 is 0. The van der Waals surface area contributed by atoms with E-state index in [9.17, 15) is 4.79 Å². The van der Waals surface area contributed by atoms with Crippen molar-refractivity contribution in [3.63, 3.8) is 0 Å². The molecule has 0 heterocycles. The molecular formula is C5H10O4. The molecule has 0 aromatic carbocycles. The van der Waals surface area contributed by atoms with Crippen LogP contribution < -0.4 is 0 Å². The smallest absolute Gasteiger partial charge is 0.449 e. The molecule has 0 saturated heterocycles. The summed E-state index contributed by atoms with van der Waals surface area (Å²) in [5.74, 6) is 0. The van der Waals surface area contributed by atoms with Crippen LogP contribution in [0.15, 0.2) is 12.8 Å². The normalized spacial score (nSPS) is 6.44. The minimum atomic E-state index is -1.33. The van der Waals surface area contributed by atoms with Crippen LogP contribution in [0.25, 0.3) is 0 Å². The molecule has 54 valence electrons. The molecule has 0 bridgehead atoms. The SMILES string of the molecule is C=COC(=O)O.CCO. The third-order valence-corrected chi connectivity index (χ3v) is 0.184. The molecule has 0 radical (unpaired) electrons. The Kier molecular flexibility index (Phi) is 12.1. The van der Waals surface area contributed by atoms with Crippen molar-refractivity contribution in [3.8, 4) is 0 Å². The van der Waals surface area contributed by atoms with Gasteiger partial charge in [0.25, 0.3) is 0 Å². The molecule has 0 unspecified atom stereocenters. The molecule has 2 N–H and O–H groups in total. The number of hydrogen-bond donors (Lipinski definition) is 2. The first-order valence-corrected chi connectivity index (χ1v) is 2.30. The van der Waals surface area contributed by atoms with E-state index in [2.05, 4.69) is 11.3 Å². The lowest BCUT2D eigenvalue weighted by molar-refractivity contribution is 0.128. The summed E-state index contributed by atoms with van der Waals surface area (Å²) in [7, 11) is 0. The van der Waals surface area contributed by atoms with E-state index in [1.807, 2.05) is 0 Å². The van der Waals surface area contributed by atoms with Gasteiger partial charge in [-0.2, -0.15) is 0 Å². The van der Waals surface area contributed by atoms with Crippen LogP contribution in [0.1, 0.15) is 6.92 Å². The molecule has 0 aliphatic heterocycles. The van der Waals surface area contributed by atoms with Gasteiger partial charge in [-0.1, -0.05) is 6.58 Å². The second-order valence-corrected chi connectivity index (χ2v) is 0.867. The molecular weight excluding hydrogens is 124 g/mol. The molecule has 0 saturated carbocycles. The predicted octanol–water partition coefficient (Wildman–Crippen LogP) is 0.823. The fourth-order valence-corrected chi connectivity index (χ4v) is 0.0713. The monoisotopic (exact) mass is 134 g/mol. The zero-order chi connectivity index (χ0) is 7.70. The van der Waals surface area contributed by atoms with Crippen molar-refractivity contribution in [2.45, 2.75) is 6.92 Å². The van der Waals surface area contributed by atoms with E-state index in [0.29, 0.717) is 0 Å². The van der Waals surface area contributed by atoms with Gasteiger partial charge in [-0.15, -0.1) is 0 Å². The van der Waals surface area contributed by atoms with Crippen LogP contribution in [0.4, 0.5) is 4.79 Å². The number of ether oxygens (including phenoxy) is 1. The van der Waals surface area contributed by atoms with E-state index in [4.69, 9.17) is 10.2 Å². The summed E-state index contributed by atoms with van der Waals surface area (Å²) in [5, 5.41) is 15.2.